The van der Waals surface area contributed by atoms with Gasteiger partial charge >= 0.3 is 0 Å². The first kappa shape index (κ1) is 24.3. The first-order valence-corrected chi connectivity index (χ1v) is 13.3. The molecule has 0 aliphatic heterocycles. The standard InChI is InChI=1S/C20H21F2IN5O3P/c1-29-16-7-17(30-2)19(22)14(18(16)21)6-15(24)13-5-11(8-26-20(13)25)12-9-27-28(10-12)3-4-31-32-23/h5,7-10,24,32H,3-4,6H2,1-2H3,(H2,25,26). The lowest BCUT2D eigenvalue weighted by atomic mass is 9.99. The predicted octanol–water partition coefficient (Wildman–Crippen LogP) is 4.39. The molecule has 12 heteroatoms. The first-order valence-electron chi connectivity index (χ1n) is 9.32. The van der Waals surface area contributed by atoms with Gasteiger partial charge in [0, 0.05) is 52.8 Å². The van der Waals surface area contributed by atoms with E-state index >= 15 is 0 Å². The third kappa shape index (κ3) is 5.33. The summed E-state index contributed by atoms with van der Waals surface area (Å²) < 4.78 is 46.4. The van der Waals surface area contributed by atoms with Crippen molar-refractivity contribution in [2.45, 2.75) is 13.0 Å². The van der Waals surface area contributed by atoms with Crippen molar-refractivity contribution in [1.29, 1.82) is 5.41 Å². The second-order valence-corrected chi connectivity index (χ2v) is 8.38. The minimum Gasteiger partial charge on any atom is -0.494 e. The van der Waals surface area contributed by atoms with Crippen LogP contribution in [0.5, 0.6) is 11.5 Å². The van der Waals surface area contributed by atoms with Crippen LogP contribution in [0, 0.1) is 17.0 Å². The highest BCUT2D eigenvalue weighted by atomic mass is 127. The van der Waals surface area contributed by atoms with E-state index in [0.29, 0.717) is 25.2 Å². The van der Waals surface area contributed by atoms with Gasteiger partial charge in [0.05, 0.1) is 40.0 Å². The molecule has 0 spiro atoms. The van der Waals surface area contributed by atoms with E-state index in [4.69, 9.17) is 25.1 Å². The van der Waals surface area contributed by atoms with Gasteiger partial charge in [-0.1, -0.05) is 0 Å². The van der Waals surface area contributed by atoms with E-state index in [2.05, 4.69) is 32.1 Å². The Bertz CT molecular complexity index is 1100. The van der Waals surface area contributed by atoms with Crippen molar-refractivity contribution in [3.63, 3.8) is 0 Å². The SMILES string of the molecule is COc1cc(OC)c(F)c(CC(=N)c2cc(-c3cnn(CCOPI)c3)cnc2N)c1F. The normalized spacial score (nSPS) is 11.3. The molecule has 32 heavy (non-hydrogen) atoms. The third-order valence-corrected chi connectivity index (χ3v) is 5.95. The molecule has 1 atom stereocenters. The zero-order chi connectivity index (χ0) is 23.3. The Hall–Kier alpha value is -2.37. The van der Waals surface area contributed by atoms with Gasteiger partial charge in [0.15, 0.2) is 23.1 Å². The zero-order valence-electron chi connectivity index (χ0n) is 17.3. The smallest absolute Gasteiger partial charge is 0.171 e. The quantitative estimate of drug-likeness (QED) is 0.161. The summed E-state index contributed by atoms with van der Waals surface area (Å²) in [5.74, 6) is -2.06. The van der Waals surface area contributed by atoms with Crippen molar-refractivity contribution < 1.29 is 22.8 Å². The van der Waals surface area contributed by atoms with Crippen LogP contribution in [0.4, 0.5) is 14.6 Å². The molecule has 0 saturated heterocycles. The van der Waals surface area contributed by atoms with Crippen molar-refractivity contribution >= 4 is 40.0 Å². The predicted molar refractivity (Wildman–Crippen MR) is 128 cm³/mol. The van der Waals surface area contributed by atoms with Crippen LogP contribution in [0.15, 0.2) is 30.7 Å². The number of anilines is 1. The molecule has 0 bridgehead atoms. The summed E-state index contributed by atoms with van der Waals surface area (Å²) in [6, 6.07) is 2.78. The van der Waals surface area contributed by atoms with E-state index in [1.165, 1.54) is 14.2 Å². The topological polar surface area (TPSA) is 108 Å². The number of hydrogen-bond acceptors (Lipinski definition) is 7. The fraction of sp³-hybridized carbons (Fsp3) is 0.250. The summed E-state index contributed by atoms with van der Waals surface area (Å²) in [6.07, 6.45) is 4.69. The molecule has 3 aromatic rings. The van der Waals surface area contributed by atoms with E-state index in [0.717, 1.165) is 11.6 Å². The molecule has 0 saturated carbocycles. The van der Waals surface area contributed by atoms with E-state index in [1.54, 1.807) is 23.1 Å². The van der Waals surface area contributed by atoms with Gasteiger partial charge in [-0.25, -0.2) is 13.8 Å². The minimum atomic E-state index is -0.895. The molecule has 8 nitrogen and oxygen atoms in total. The summed E-state index contributed by atoms with van der Waals surface area (Å²) in [5, 5.41) is 12.7. The number of nitrogens with zero attached hydrogens (tertiary/aromatic N) is 3. The molecular formula is C20H21F2IN5O3P. The number of hydrogen-bond donors (Lipinski definition) is 2. The number of ether oxygens (including phenoxy) is 2. The molecule has 0 radical (unpaired) electrons. The largest absolute Gasteiger partial charge is 0.494 e. The Morgan fingerprint density at radius 3 is 2.47 bits per heavy atom. The fourth-order valence-electron chi connectivity index (χ4n) is 3.05. The van der Waals surface area contributed by atoms with Gasteiger partial charge < -0.3 is 25.1 Å². The lowest BCUT2D eigenvalue weighted by Gasteiger charge is -2.14. The van der Waals surface area contributed by atoms with Gasteiger partial charge in [-0.2, -0.15) is 5.10 Å². The number of nitrogen functional groups attached to an aromatic ring is 1. The van der Waals surface area contributed by atoms with Crippen molar-refractivity contribution in [2.24, 2.45) is 0 Å². The first-order chi connectivity index (χ1) is 15.4. The number of nitrogens with one attached hydrogen (secondary N) is 1. The van der Waals surface area contributed by atoms with Crippen LogP contribution in [0.2, 0.25) is 0 Å². The number of nitrogens with two attached hydrogens (primary N) is 1. The van der Waals surface area contributed by atoms with Crippen LogP contribution in [-0.4, -0.2) is 41.3 Å². The van der Waals surface area contributed by atoms with Crippen molar-refractivity contribution in [3.8, 4) is 22.6 Å². The third-order valence-electron chi connectivity index (χ3n) is 4.71. The van der Waals surface area contributed by atoms with Gasteiger partial charge in [-0.15, -0.1) is 0 Å². The molecule has 2 heterocycles. The van der Waals surface area contributed by atoms with E-state index in [-0.39, 0.29) is 40.6 Å². The molecular weight excluding hydrogens is 554 g/mol. The fourth-order valence-corrected chi connectivity index (χ4v) is 3.88. The van der Waals surface area contributed by atoms with Crippen molar-refractivity contribution in [1.82, 2.24) is 14.8 Å². The molecule has 170 valence electrons. The number of pyridine rings is 1. The van der Waals surface area contributed by atoms with Crippen molar-refractivity contribution in [3.05, 3.63) is 53.5 Å². The monoisotopic (exact) mass is 575 g/mol. The Morgan fingerprint density at radius 2 is 1.84 bits per heavy atom. The van der Waals surface area contributed by atoms with E-state index in [9.17, 15) is 8.78 Å². The molecule has 2 aromatic heterocycles. The summed E-state index contributed by atoms with van der Waals surface area (Å²) in [5.41, 5.74) is 7.23. The average Bonchev–Trinajstić information content (AvgIpc) is 3.26. The van der Waals surface area contributed by atoms with Crippen LogP contribution in [0.25, 0.3) is 11.1 Å². The second kappa shape index (κ2) is 11.0. The molecule has 3 N–H and O–H groups in total. The summed E-state index contributed by atoms with van der Waals surface area (Å²) >= 11 is 2.15. The van der Waals surface area contributed by atoms with Crippen LogP contribution < -0.4 is 15.2 Å². The Balaban J connectivity index is 1.89. The van der Waals surface area contributed by atoms with Crippen LogP contribution in [0.1, 0.15) is 11.1 Å². The molecule has 1 unspecified atom stereocenters. The van der Waals surface area contributed by atoms with Crippen LogP contribution >= 0.6 is 28.5 Å². The molecule has 1 aromatic carbocycles. The van der Waals surface area contributed by atoms with Crippen molar-refractivity contribution in [2.75, 3.05) is 26.6 Å². The maximum Gasteiger partial charge on any atom is 0.171 e. The second-order valence-electron chi connectivity index (χ2n) is 6.62. The van der Waals surface area contributed by atoms with E-state index < -0.39 is 11.6 Å². The lowest BCUT2D eigenvalue weighted by Crippen LogP contribution is -2.12. The molecule has 0 fully saturated rings. The maximum absolute atomic E-state index is 14.7. The van der Waals surface area contributed by atoms with Gasteiger partial charge in [0.1, 0.15) is 5.82 Å². The Kier molecular flexibility index (Phi) is 8.32. The number of benzene rings is 1. The summed E-state index contributed by atoms with van der Waals surface area (Å²) in [6.45, 7) is 1.51. The summed E-state index contributed by atoms with van der Waals surface area (Å²) in [7, 11) is 2.54. The highest BCUT2D eigenvalue weighted by Gasteiger charge is 2.22. The lowest BCUT2D eigenvalue weighted by molar-refractivity contribution is 0.335. The Labute approximate surface area is 198 Å². The van der Waals surface area contributed by atoms with Crippen LogP contribution in [0.3, 0.4) is 0 Å². The molecule has 3 rings (SSSR count). The van der Waals surface area contributed by atoms with Crippen LogP contribution in [-0.2, 0) is 17.5 Å². The zero-order valence-corrected chi connectivity index (χ0v) is 20.4. The highest BCUT2D eigenvalue weighted by Crippen LogP contribution is 2.32. The number of rotatable bonds is 10. The van der Waals surface area contributed by atoms with E-state index in [1.807, 2.05) is 6.20 Å². The number of halogens is 3. The molecule has 0 aliphatic carbocycles. The summed E-state index contributed by atoms with van der Waals surface area (Å²) in [4.78, 5) is 4.15. The molecule has 0 amide bonds. The number of methoxy groups -OCH3 is 2. The van der Waals surface area contributed by atoms with Gasteiger partial charge in [0.25, 0.3) is 0 Å². The number of aromatic nitrogens is 3. The van der Waals surface area contributed by atoms with Gasteiger partial charge in [-0.05, 0) is 28.1 Å². The minimum absolute atomic E-state index is 0.0817. The Morgan fingerprint density at radius 1 is 1.16 bits per heavy atom. The average molecular weight is 575 g/mol. The molecule has 0 aliphatic rings. The van der Waals surface area contributed by atoms with Gasteiger partial charge in [-0.3, -0.25) is 4.68 Å². The highest BCUT2D eigenvalue weighted by molar-refractivity contribution is 14.2. The maximum atomic E-state index is 14.7. The van der Waals surface area contributed by atoms with Gasteiger partial charge in [0.2, 0.25) is 0 Å².